The van der Waals surface area contributed by atoms with Crippen LogP contribution in [0.3, 0.4) is 0 Å². The van der Waals surface area contributed by atoms with Gasteiger partial charge in [-0.2, -0.15) is 0 Å². The Morgan fingerprint density at radius 1 is 1.15 bits per heavy atom. The zero-order valence-corrected chi connectivity index (χ0v) is 13.0. The van der Waals surface area contributed by atoms with Crippen molar-refractivity contribution in [3.8, 4) is 5.75 Å². The van der Waals surface area contributed by atoms with Crippen LogP contribution in [0.15, 0.2) is 18.2 Å². The Hall–Kier alpha value is -1.22. The topological polar surface area (TPSA) is 21.7 Å². The smallest absolute Gasteiger partial charge is 0.145 e. The average molecular weight is 275 g/mol. The molecule has 0 spiro atoms. The number of nitrogens with zero attached hydrogens (tertiary/aromatic N) is 1. The van der Waals surface area contributed by atoms with Gasteiger partial charge in [-0.25, -0.2) is 0 Å². The van der Waals surface area contributed by atoms with Crippen LogP contribution in [0.1, 0.15) is 39.2 Å². The van der Waals surface area contributed by atoms with Gasteiger partial charge in [0.25, 0.3) is 0 Å². The molecular formula is C17H25NO2. The fourth-order valence-corrected chi connectivity index (χ4v) is 3.39. The largest absolute Gasteiger partial charge is 0.494 e. The van der Waals surface area contributed by atoms with Crippen molar-refractivity contribution in [2.24, 2.45) is 0 Å². The van der Waals surface area contributed by atoms with E-state index in [1.807, 2.05) is 0 Å². The average Bonchev–Trinajstić information content (AvgIpc) is 2.75. The molecule has 3 heteroatoms. The van der Waals surface area contributed by atoms with Crippen LogP contribution in [0.2, 0.25) is 0 Å². The van der Waals surface area contributed by atoms with Gasteiger partial charge in [-0.15, -0.1) is 0 Å². The normalized spacial score (nSPS) is 25.9. The van der Waals surface area contributed by atoms with Crippen molar-refractivity contribution in [3.63, 3.8) is 0 Å². The van der Waals surface area contributed by atoms with Crippen molar-refractivity contribution in [3.05, 3.63) is 23.8 Å². The van der Waals surface area contributed by atoms with E-state index in [2.05, 4.69) is 43.9 Å². The Bertz CT molecular complexity index is 480. The van der Waals surface area contributed by atoms with Crippen LogP contribution in [-0.4, -0.2) is 32.4 Å². The summed E-state index contributed by atoms with van der Waals surface area (Å²) in [4.78, 5) is 2.44. The maximum Gasteiger partial charge on any atom is 0.145 e. The lowest BCUT2D eigenvalue weighted by Crippen LogP contribution is -2.42. The van der Waals surface area contributed by atoms with Crippen molar-refractivity contribution in [2.45, 2.75) is 51.2 Å². The minimum atomic E-state index is 0.0899. The summed E-state index contributed by atoms with van der Waals surface area (Å²) in [5.41, 5.74) is 2.59. The summed E-state index contributed by atoms with van der Waals surface area (Å²) in [5, 5.41) is 0. The molecule has 2 aliphatic heterocycles. The molecule has 2 heterocycles. The fourth-order valence-electron chi connectivity index (χ4n) is 3.39. The summed E-state index contributed by atoms with van der Waals surface area (Å²) >= 11 is 0. The molecule has 0 unspecified atom stereocenters. The molecule has 0 aliphatic carbocycles. The molecule has 1 aromatic rings. The van der Waals surface area contributed by atoms with E-state index < -0.39 is 0 Å². The van der Waals surface area contributed by atoms with Crippen LogP contribution in [0.25, 0.3) is 0 Å². The zero-order chi connectivity index (χ0) is 14.3. The molecule has 3 rings (SSSR count). The summed E-state index contributed by atoms with van der Waals surface area (Å²) in [7, 11) is 1.78. The summed E-state index contributed by atoms with van der Waals surface area (Å²) < 4.78 is 11.7. The first kappa shape index (κ1) is 13.7. The standard InChI is InChI=1S/C17H25NO2/c1-17(2,3)14-6-5-7-15(16(14)19-4)18-10-12-8-9-13(11-18)20-12/h5-7,12-13H,8-11H2,1-4H3/t12-,13+. The Labute approximate surface area is 121 Å². The Kier molecular flexibility index (Phi) is 3.41. The molecule has 1 aromatic carbocycles. The predicted molar refractivity (Wildman–Crippen MR) is 81.8 cm³/mol. The Morgan fingerprint density at radius 2 is 1.80 bits per heavy atom. The van der Waals surface area contributed by atoms with Crippen LogP contribution < -0.4 is 9.64 Å². The van der Waals surface area contributed by atoms with Gasteiger partial charge in [0, 0.05) is 18.7 Å². The Balaban J connectivity index is 1.97. The van der Waals surface area contributed by atoms with Gasteiger partial charge in [0.1, 0.15) is 5.75 Å². The number of morpholine rings is 1. The van der Waals surface area contributed by atoms with E-state index in [9.17, 15) is 0 Å². The molecule has 2 atom stereocenters. The van der Waals surface area contributed by atoms with Crippen LogP contribution in [0, 0.1) is 0 Å². The number of benzene rings is 1. The lowest BCUT2D eigenvalue weighted by atomic mass is 9.86. The summed E-state index contributed by atoms with van der Waals surface area (Å²) in [5.74, 6) is 1.03. The van der Waals surface area contributed by atoms with Crippen molar-refractivity contribution >= 4 is 5.69 Å². The molecule has 3 nitrogen and oxygen atoms in total. The fraction of sp³-hybridized carbons (Fsp3) is 0.647. The number of rotatable bonds is 2. The number of hydrogen-bond donors (Lipinski definition) is 0. The van der Waals surface area contributed by atoms with Crippen molar-refractivity contribution in [1.29, 1.82) is 0 Å². The van der Waals surface area contributed by atoms with E-state index in [4.69, 9.17) is 9.47 Å². The van der Waals surface area contributed by atoms with Gasteiger partial charge in [0.05, 0.1) is 25.0 Å². The molecule has 0 N–H and O–H groups in total. The second kappa shape index (κ2) is 4.96. The summed E-state index contributed by atoms with van der Waals surface area (Å²) in [6.07, 6.45) is 3.19. The summed E-state index contributed by atoms with van der Waals surface area (Å²) in [6.45, 7) is 8.67. The Morgan fingerprint density at radius 3 is 2.35 bits per heavy atom. The minimum absolute atomic E-state index is 0.0899. The molecule has 0 aromatic heterocycles. The van der Waals surface area contributed by atoms with E-state index in [0.717, 1.165) is 18.8 Å². The van der Waals surface area contributed by atoms with Gasteiger partial charge in [0.2, 0.25) is 0 Å². The maximum absolute atomic E-state index is 5.94. The van der Waals surface area contributed by atoms with Crippen molar-refractivity contribution in [1.82, 2.24) is 0 Å². The van der Waals surface area contributed by atoms with Gasteiger partial charge in [-0.05, 0) is 24.3 Å². The molecule has 0 radical (unpaired) electrons. The lowest BCUT2D eigenvalue weighted by Gasteiger charge is -2.36. The van der Waals surface area contributed by atoms with E-state index in [0.29, 0.717) is 12.2 Å². The molecule has 2 aliphatic rings. The van der Waals surface area contributed by atoms with Gasteiger partial charge >= 0.3 is 0 Å². The number of para-hydroxylation sites is 1. The number of methoxy groups -OCH3 is 1. The van der Waals surface area contributed by atoms with Crippen LogP contribution in [-0.2, 0) is 10.2 Å². The third kappa shape index (κ3) is 2.39. The molecule has 2 saturated heterocycles. The SMILES string of the molecule is COc1c(N2C[C@H]3CC[C@@H](C2)O3)cccc1C(C)(C)C. The zero-order valence-electron chi connectivity index (χ0n) is 13.0. The van der Waals surface area contributed by atoms with Crippen molar-refractivity contribution < 1.29 is 9.47 Å². The molecule has 110 valence electrons. The van der Waals surface area contributed by atoms with Gasteiger partial charge < -0.3 is 14.4 Å². The molecule has 0 saturated carbocycles. The molecule has 2 bridgehead atoms. The van der Waals surface area contributed by atoms with E-state index >= 15 is 0 Å². The van der Waals surface area contributed by atoms with Gasteiger partial charge in [-0.1, -0.05) is 32.9 Å². The number of fused-ring (bicyclic) bond motifs is 2. The summed E-state index contributed by atoms with van der Waals surface area (Å²) in [6, 6.07) is 6.51. The molecule has 20 heavy (non-hydrogen) atoms. The number of anilines is 1. The molecule has 0 amide bonds. The second-order valence-electron chi connectivity index (χ2n) is 6.97. The monoisotopic (exact) mass is 275 g/mol. The highest BCUT2D eigenvalue weighted by atomic mass is 16.5. The van der Waals surface area contributed by atoms with Crippen LogP contribution in [0.4, 0.5) is 5.69 Å². The molecule has 2 fully saturated rings. The third-order valence-electron chi connectivity index (χ3n) is 4.39. The van der Waals surface area contributed by atoms with Gasteiger partial charge in [0.15, 0.2) is 0 Å². The van der Waals surface area contributed by atoms with E-state index in [1.54, 1.807) is 7.11 Å². The highest BCUT2D eigenvalue weighted by Gasteiger charge is 2.35. The highest BCUT2D eigenvalue weighted by Crippen LogP contribution is 2.40. The van der Waals surface area contributed by atoms with Crippen molar-refractivity contribution in [2.75, 3.05) is 25.1 Å². The predicted octanol–water partition coefficient (Wildman–Crippen LogP) is 3.36. The van der Waals surface area contributed by atoms with E-state index in [-0.39, 0.29) is 5.41 Å². The first-order chi connectivity index (χ1) is 9.49. The number of ether oxygens (including phenoxy) is 2. The van der Waals surface area contributed by atoms with Crippen LogP contribution >= 0.6 is 0 Å². The lowest BCUT2D eigenvalue weighted by molar-refractivity contribution is 0.0303. The van der Waals surface area contributed by atoms with Crippen LogP contribution in [0.5, 0.6) is 5.75 Å². The number of hydrogen-bond acceptors (Lipinski definition) is 3. The minimum Gasteiger partial charge on any atom is -0.494 e. The first-order valence-corrected chi connectivity index (χ1v) is 7.57. The maximum atomic E-state index is 5.94. The first-order valence-electron chi connectivity index (χ1n) is 7.57. The highest BCUT2D eigenvalue weighted by molar-refractivity contribution is 5.64. The second-order valence-corrected chi connectivity index (χ2v) is 6.97. The third-order valence-corrected chi connectivity index (χ3v) is 4.39. The van der Waals surface area contributed by atoms with E-state index in [1.165, 1.54) is 24.1 Å². The quantitative estimate of drug-likeness (QED) is 0.826. The molecular weight excluding hydrogens is 250 g/mol. The van der Waals surface area contributed by atoms with Gasteiger partial charge in [-0.3, -0.25) is 0 Å².